The van der Waals surface area contributed by atoms with Gasteiger partial charge in [0.2, 0.25) is 0 Å². The molecule has 0 atom stereocenters. The maximum Gasteiger partial charge on any atom is 0.182 e. The molecule has 0 fully saturated rings. The summed E-state index contributed by atoms with van der Waals surface area (Å²) >= 11 is 1.66. The third-order valence-corrected chi connectivity index (χ3v) is 5.96. The van der Waals surface area contributed by atoms with Gasteiger partial charge in [0.1, 0.15) is 11.2 Å². The topological polar surface area (TPSA) is 81.8 Å². The van der Waals surface area contributed by atoms with E-state index in [0.717, 1.165) is 27.8 Å². The number of aromatic nitrogens is 4. The van der Waals surface area contributed by atoms with Gasteiger partial charge in [0.05, 0.1) is 24.7 Å². The van der Waals surface area contributed by atoms with Crippen LogP contribution in [0.3, 0.4) is 0 Å². The van der Waals surface area contributed by atoms with Crippen molar-refractivity contribution in [2.75, 3.05) is 7.11 Å². The molecule has 0 bridgehead atoms. The molecule has 7 nitrogen and oxygen atoms in total. The van der Waals surface area contributed by atoms with Crippen molar-refractivity contribution >= 4 is 27.2 Å². The SMILES string of the molecule is COc1cc(-c2nc3c4c5c(sc4ncn3n2)COC(C)(C)C5)ccc1O. The molecule has 5 rings (SSSR count). The average Bonchev–Trinajstić information content (AvgIpc) is 3.22. The zero-order valence-corrected chi connectivity index (χ0v) is 16.0. The van der Waals surface area contributed by atoms with Crippen LogP contribution in [0.15, 0.2) is 24.5 Å². The molecule has 1 N–H and O–H groups in total. The summed E-state index contributed by atoms with van der Waals surface area (Å²) < 4.78 is 12.9. The van der Waals surface area contributed by atoms with Crippen molar-refractivity contribution in [3.8, 4) is 22.9 Å². The molecule has 1 aliphatic rings. The fourth-order valence-electron chi connectivity index (χ4n) is 3.48. The number of hydrogen-bond acceptors (Lipinski definition) is 7. The van der Waals surface area contributed by atoms with E-state index in [2.05, 4.69) is 23.9 Å². The Morgan fingerprint density at radius 2 is 2.19 bits per heavy atom. The van der Waals surface area contributed by atoms with Crippen molar-refractivity contribution in [2.24, 2.45) is 0 Å². The lowest BCUT2D eigenvalue weighted by atomic mass is 9.94. The molecule has 8 heteroatoms. The molecule has 0 spiro atoms. The molecule has 0 amide bonds. The standard InChI is InChI=1S/C19H18N4O3S/c1-19(2)7-11-14(8-26-19)27-18-15(11)17-21-16(22-23(17)9-20-18)10-4-5-12(24)13(6-10)25-3/h4-6,9,24H,7-8H2,1-3H3. The van der Waals surface area contributed by atoms with Gasteiger partial charge in [-0.3, -0.25) is 0 Å². The van der Waals surface area contributed by atoms with Gasteiger partial charge in [-0.1, -0.05) is 0 Å². The van der Waals surface area contributed by atoms with Gasteiger partial charge in [0.15, 0.2) is 23.0 Å². The Morgan fingerprint density at radius 1 is 1.33 bits per heavy atom. The van der Waals surface area contributed by atoms with Crippen LogP contribution in [0.5, 0.6) is 11.5 Å². The molecular formula is C19H18N4O3S. The summed E-state index contributed by atoms with van der Waals surface area (Å²) in [5.41, 5.74) is 2.61. The van der Waals surface area contributed by atoms with E-state index in [1.165, 1.54) is 17.6 Å². The average molecular weight is 382 g/mol. The summed E-state index contributed by atoms with van der Waals surface area (Å²) in [6.07, 6.45) is 2.51. The predicted molar refractivity (Wildman–Crippen MR) is 102 cm³/mol. The zero-order chi connectivity index (χ0) is 18.8. The minimum atomic E-state index is -0.207. The number of phenolic OH excluding ortho intramolecular Hbond substituents is 1. The maximum absolute atomic E-state index is 9.83. The van der Waals surface area contributed by atoms with E-state index in [4.69, 9.17) is 14.5 Å². The third kappa shape index (κ3) is 2.55. The minimum absolute atomic E-state index is 0.0863. The van der Waals surface area contributed by atoms with Crippen LogP contribution >= 0.6 is 11.3 Å². The summed E-state index contributed by atoms with van der Waals surface area (Å²) in [6, 6.07) is 5.09. The highest BCUT2D eigenvalue weighted by molar-refractivity contribution is 7.19. The van der Waals surface area contributed by atoms with Crippen LogP contribution in [0.2, 0.25) is 0 Å². The number of phenols is 1. The highest BCUT2D eigenvalue weighted by Gasteiger charge is 2.30. The molecule has 1 aromatic carbocycles. The quantitative estimate of drug-likeness (QED) is 0.571. The van der Waals surface area contributed by atoms with Crippen molar-refractivity contribution in [3.05, 3.63) is 35.0 Å². The Balaban J connectivity index is 1.72. The number of nitrogens with zero attached hydrogens (tertiary/aromatic N) is 4. The fraction of sp³-hybridized carbons (Fsp3) is 0.316. The summed E-state index contributed by atoms with van der Waals surface area (Å²) in [5.74, 6) is 1.04. The lowest BCUT2D eigenvalue weighted by Gasteiger charge is -2.30. The highest BCUT2D eigenvalue weighted by Crippen LogP contribution is 2.40. The van der Waals surface area contributed by atoms with Gasteiger partial charge in [-0.25, -0.2) is 14.5 Å². The summed E-state index contributed by atoms with van der Waals surface area (Å²) in [6.45, 7) is 4.81. The molecular weight excluding hydrogens is 364 g/mol. The maximum atomic E-state index is 9.83. The first-order valence-electron chi connectivity index (χ1n) is 8.62. The Kier molecular flexibility index (Phi) is 3.44. The van der Waals surface area contributed by atoms with E-state index in [0.29, 0.717) is 18.2 Å². The van der Waals surface area contributed by atoms with Crippen LogP contribution in [-0.4, -0.2) is 37.4 Å². The predicted octanol–water partition coefficient (Wildman–Crippen LogP) is 3.57. The van der Waals surface area contributed by atoms with E-state index in [1.807, 2.05) is 0 Å². The van der Waals surface area contributed by atoms with Crippen molar-refractivity contribution in [1.82, 2.24) is 19.6 Å². The van der Waals surface area contributed by atoms with Crippen molar-refractivity contribution < 1.29 is 14.6 Å². The number of methoxy groups -OCH3 is 1. The highest BCUT2D eigenvalue weighted by atomic mass is 32.1. The Morgan fingerprint density at radius 3 is 3.00 bits per heavy atom. The fourth-order valence-corrected chi connectivity index (χ4v) is 4.55. The third-order valence-electron chi connectivity index (χ3n) is 4.85. The van der Waals surface area contributed by atoms with Gasteiger partial charge in [0, 0.05) is 16.9 Å². The number of benzene rings is 1. The summed E-state index contributed by atoms with van der Waals surface area (Å²) in [7, 11) is 1.52. The summed E-state index contributed by atoms with van der Waals surface area (Å²) in [4.78, 5) is 11.5. The monoisotopic (exact) mass is 382 g/mol. The van der Waals surface area contributed by atoms with E-state index in [9.17, 15) is 5.11 Å². The molecule has 0 radical (unpaired) electrons. The normalized spacial score (nSPS) is 16.0. The van der Waals surface area contributed by atoms with Crippen LogP contribution in [0.25, 0.3) is 27.3 Å². The first kappa shape index (κ1) is 16.5. The van der Waals surface area contributed by atoms with Gasteiger partial charge in [-0.2, -0.15) is 0 Å². The molecule has 27 heavy (non-hydrogen) atoms. The molecule has 0 aliphatic carbocycles. The van der Waals surface area contributed by atoms with Crippen molar-refractivity contribution in [1.29, 1.82) is 0 Å². The second kappa shape index (κ2) is 5.64. The molecule has 4 aromatic rings. The summed E-state index contributed by atoms with van der Waals surface area (Å²) in [5, 5.41) is 15.5. The van der Waals surface area contributed by atoms with Gasteiger partial charge >= 0.3 is 0 Å². The number of thiophene rings is 1. The molecule has 1 aliphatic heterocycles. The van der Waals surface area contributed by atoms with E-state index >= 15 is 0 Å². The first-order valence-corrected chi connectivity index (χ1v) is 9.44. The van der Waals surface area contributed by atoms with Crippen LogP contribution in [-0.2, 0) is 17.8 Å². The molecule has 3 aromatic heterocycles. The lowest BCUT2D eigenvalue weighted by Crippen LogP contribution is -2.31. The Hall–Kier alpha value is -2.71. The van der Waals surface area contributed by atoms with Gasteiger partial charge in [-0.15, -0.1) is 16.4 Å². The number of ether oxygens (including phenoxy) is 2. The molecule has 0 saturated heterocycles. The molecule has 4 heterocycles. The van der Waals surface area contributed by atoms with Crippen LogP contribution in [0, 0.1) is 0 Å². The molecule has 138 valence electrons. The lowest BCUT2D eigenvalue weighted by molar-refractivity contribution is -0.0379. The van der Waals surface area contributed by atoms with Crippen LogP contribution < -0.4 is 4.74 Å². The Labute approximate surface area is 159 Å². The largest absolute Gasteiger partial charge is 0.504 e. The molecule has 0 unspecified atom stereocenters. The van der Waals surface area contributed by atoms with Crippen LogP contribution in [0.1, 0.15) is 24.3 Å². The Bertz CT molecular complexity index is 1190. The minimum Gasteiger partial charge on any atom is -0.504 e. The smallest absolute Gasteiger partial charge is 0.182 e. The van der Waals surface area contributed by atoms with E-state index in [-0.39, 0.29) is 11.4 Å². The van der Waals surface area contributed by atoms with Crippen LogP contribution in [0.4, 0.5) is 0 Å². The number of aromatic hydroxyl groups is 1. The van der Waals surface area contributed by atoms with E-state index in [1.54, 1.807) is 40.4 Å². The second-order valence-electron chi connectivity index (χ2n) is 7.24. The van der Waals surface area contributed by atoms with Gasteiger partial charge < -0.3 is 14.6 Å². The van der Waals surface area contributed by atoms with Crippen molar-refractivity contribution in [3.63, 3.8) is 0 Å². The first-order chi connectivity index (χ1) is 12.9. The number of hydrogen-bond donors (Lipinski definition) is 1. The molecule has 0 saturated carbocycles. The van der Waals surface area contributed by atoms with Gasteiger partial charge in [0.25, 0.3) is 0 Å². The number of fused-ring (bicyclic) bond motifs is 5. The van der Waals surface area contributed by atoms with Crippen molar-refractivity contribution in [2.45, 2.75) is 32.5 Å². The second-order valence-corrected chi connectivity index (χ2v) is 8.33. The van der Waals surface area contributed by atoms with E-state index < -0.39 is 0 Å². The number of rotatable bonds is 2. The zero-order valence-electron chi connectivity index (χ0n) is 15.2. The van der Waals surface area contributed by atoms with Gasteiger partial charge in [-0.05, 0) is 37.6 Å².